The highest BCUT2D eigenvalue weighted by Gasteiger charge is 2.36. The number of rotatable bonds is 4. The number of amides is 1. The van der Waals surface area contributed by atoms with Gasteiger partial charge in [-0.1, -0.05) is 6.08 Å². The molecule has 2 fully saturated rings. The van der Waals surface area contributed by atoms with Crippen LogP contribution in [0.4, 0.5) is 0 Å². The van der Waals surface area contributed by atoms with Crippen LogP contribution in [0.2, 0.25) is 0 Å². The van der Waals surface area contributed by atoms with E-state index in [0.29, 0.717) is 30.6 Å². The Morgan fingerprint density at radius 2 is 2.00 bits per heavy atom. The first-order chi connectivity index (χ1) is 10.1. The van der Waals surface area contributed by atoms with Gasteiger partial charge in [0.15, 0.2) is 0 Å². The molecule has 3 rings (SSSR count). The van der Waals surface area contributed by atoms with Crippen LogP contribution < -0.4 is 5.32 Å². The van der Waals surface area contributed by atoms with Gasteiger partial charge in [0.25, 0.3) is 0 Å². The van der Waals surface area contributed by atoms with Crippen molar-refractivity contribution in [2.24, 2.45) is 0 Å². The molecule has 0 aromatic rings. The minimum Gasteiger partial charge on any atom is -0.312 e. The fraction of sp³-hybridized carbons (Fsp3) is 0.824. The zero-order valence-corrected chi connectivity index (χ0v) is 13.5. The molecule has 4 nitrogen and oxygen atoms in total. The highest BCUT2D eigenvalue weighted by molar-refractivity contribution is 5.81. The van der Waals surface area contributed by atoms with Crippen LogP contribution in [0.25, 0.3) is 0 Å². The summed E-state index contributed by atoms with van der Waals surface area (Å²) in [5.41, 5.74) is 1.31. The number of hydrogen-bond acceptors (Lipinski definition) is 3. The molecule has 1 aliphatic heterocycles. The molecule has 0 aromatic carbocycles. The molecule has 21 heavy (non-hydrogen) atoms. The summed E-state index contributed by atoms with van der Waals surface area (Å²) in [5.74, 6) is 0.326. The van der Waals surface area contributed by atoms with Crippen molar-refractivity contribution in [3.05, 3.63) is 11.8 Å². The van der Waals surface area contributed by atoms with Crippen molar-refractivity contribution in [2.45, 2.75) is 70.5 Å². The van der Waals surface area contributed by atoms with Crippen molar-refractivity contribution in [3.63, 3.8) is 0 Å². The van der Waals surface area contributed by atoms with Crippen molar-refractivity contribution >= 4 is 5.91 Å². The lowest BCUT2D eigenvalue weighted by Crippen LogP contribution is -2.56. The molecule has 0 spiro atoms. The van der Waals surface area contributed by atoms with Gasteiger partial charge in [-0.05, 0) is 52.4 Å². The first kappa shape index (κ1) is 15.0. The Labute approximate surface area is 128 Å². The lowest BCUT2D eigenvalue weighted by atomic mass is 10.0. The Hall–Kier alpha value is -0.870. The van der Waals surface area contributed by atoms with E-state index in [2.05, 4.69) is 35.0 Å². The quantitative estimate of drug-likeness (QED) is 0.862. The van der Waals surface area contributed by atoms with E-state index in [0.717, 1.165) is 25.9 Å². The summed E-state index contributed by atoms with van der Waals surface area (Å²) in [7, 11) is 0. The van der Waals surface area contributed by atoms with Crippen LogP contribution in [0.1, 0.15) is 52.4 Å². The van der Waals surface area contributed by atoms with Gasteiger partial charge in [0, 0.05) is 36.9 Å². The van der Waals surface area contributed by atoms with Gasteiger partial charge in [-0.15, -0.1) is 0 Å². The fourth-order valence-electron chi connectivity index (χ4n) is 3.81. The van der Waals surface area contributed by atoms with E-state index in [1.54, 1.807) is 0 Å². The van der Waals surface area contributed by atoms with E-state index in [9.17, 15) is 4.79 Å². The molecular formula is C17H29N3O. The molecule has 2 atom stereocenters. The molecule has 1 amide bonds. The monoisotopic (exact) mass is 291 g/mol. The predicted molar refractivity (Wildman–Crippen MR) is 84.9 cm³/mol. The summed E-state index contributed by atoms with van der Waals surface area (Å²) in [6.45, 7) is 6.95. The summed E-state index contributed by atoms with van der Waals surface area (Å²) >= 11 is 0. The summed E-state index contributed by atoms with van der Waals surface area (Å²) in [6.07, 6.45) is 9.45. The number of piperazine rings is 1. The number of allylic oxidation sites excluding steroid dienone is 2. The molecule has 118 valence electrons. The number of carbonyl (C=O) groups is 1. The lowest BCUT2D eigenvalue weighted by molar-refractivity contribution is -0.131. The van der Waals surface area contributed by atoms with Crippen LogP contribution in [-0.2, 0) is 4.79 Å². The SMILES string of the molecule is CC1CN(CC(=O)N(C2=CCCCC2)C2CC2)CC(C)N1. The van der Waals surface area contributed by atoms with E-state index in [4.69, 9.17) is 0 Å². The Morgan fingerprint density at radius 1 is 1.29 bits per heavy atom. The van der Waals surface area contributed by atoms with Crippen molar-refractivity contribution in [2.75, 3.05) is 19.6 Å². The molecule has 4 heteroatoms. The average Bonchev–Trinajstić information content (AvgIpc) is 3.23. The maximum atomic E-state index is 12.8. The van der Waals surface area contributed by atoms with Gasteiger partial charge in [0.2, 0.25) is 5.91 Å². The minimum absolute atomic E-state index is 0.326. The van der Waals surface area contributed by atoms with Gasteiger partial charge in [0.05, 0.1) is 6.54 Å². The van der Waals surface area contributed by atoms with Crippen LogP contribution in [0.15, 0.2) is 11.8 Å². The van der Waals surface area contributed by atoms with Crippen molar-refractivity contribution < 1.29 is 4.79 Å². The normalized spacial score (nSPS) is 30.9. The van der Waals surface area contributed by atoms with Crippen molar-refractivity contribution in [3.8, 4) is 0 Å². The van der Waals surface area contributed by atoms with Crippen LogP contribution in [-0.4, -0.2) is 53.5 Å². The molecule has 0 aromatic heterocycles. The van der Waals surface area contributed by atoms with Crippen LogP contribution in [0.5, 0.6) is 0 Å². The lowest BCUT2D eigenvalue weighted by Gasteiger charge is -2.37. The first-order valence-corrected chi connectivity index (χ1v) is 8.63. The summed E-state index contributed by atoms with van der Waals surface area (Å²) in [4.78, 5) is 17.3. The Kier molecular flexibility index (Phi) is 4.65. The van der Waals surface area contributed by atoms with Gasteiger partial charge in [-0.3, -0.25) is 9.69 Å². The van der Waals surface area contributed by atoms with E-state index in [1.807, 2.05) is 0 Å². The zero-order valence-electron chi connectivity index (χ0n) is 13.5. The molecule has 0 bridgehead atoms. The number of nitrogens with one attached hydrogen (secondary N) is 1. The second kappa shape index (κ2) is 6.49. The maximum Gasteiger partial charge on any atom is 0.241 e. The molecule has 1 saturated carbocycles. The smallest absolute Gasteiger partial charge is 0.241 e. The van der Waals surface area contributed by atoms with Gasteiger partial charge in [-0.2, -0.15) is 0 Å². The van der Waals surface area contributed by atoms with Crippen molar-refractivity contribution in [1.29, 1.82) is 0 Å². The van der Waals surface area contributed by atoms with E-state index in [-0.39, 0.29) is 0 Å². The Bertz CT molecular complexity index is 406. The maximum absolute atomic E-state index is 12.8. The molecule has 1 N–H and O–H groups in total. The van der Waals surface area contributed by atoms with E-state index < -0.39 is 0 Å². The summed E-state index contributed by atoms with van der Waals surface area (Å²) in [5, 5.41) is 3.53. The number of hydrogen-bond donors (Lipinski definition) is 1. The average molecular weight is 291 g/mol. The third-order valence-corrected chi connectivity index (χ3v) is 4.75. The first-order valence-electron chi connectivity index (χ1n) is 8.63. The van der Waals surface area contributed by atoms with Gasteiger partial charge < -0.3 is 10.2 Å². The summed E-state index contributed by atoms with van der Waals surface area (Å²) in [6, 6.07) is 1.45. The molecular weight excluding hydrogens is 262 g/mol. The van der Waals surface area contributed by atoms with Crippen LogP contribution >= 0.6 is 0 Å². The second-order valence-electron chi connectivity index (χ2n) is 7.10. The molecule has 3 aliphatic rings. The third-order valence-electron chi connectivity index (χ3n) is 4.75. The predicted octanol–water partition coefficient (Wildman–Crippen LogP) is 2.12. The zero-order chi connectivity index (χ0) is 14.8. The van der Waals surface area contributed by atoms with E-state index in [1.165, 1.54) is 31.4 Å². The highest BCUT2D eigenvalue weighted by atomic mass is 16.2. The number of nitrogens with zero attached hydrogens (tertiary/aromatic N) is 2. The van der Waals surface area contributed by atoms with E-state index >= 15 is 0 Å². The molecule has 0 radical (unpaired) electrons. The molecule has 2 aliphatic carbocycles. The number of carbonyl (C=O) groups excluding carboxylic acids is 1. The fourth-order valence-corrected chi connectivity index (χ4v) is 3.81. The Morgan fingerprint density at radius 3 is 2.57 bits per heavy atom. The van der Waals surface area contributed by atoms with Crippen LogP contribution in [0.3, 0.4) is 0 Å². The van der Waals surface area contributed by atoms with Crippen molar-refractivity contribution in [1.82, 2.24) is 15.1 Å². The summed E-state index contributed by atoms with van der Waals surface area (Å²) < 4.78 is 0. The second-order valence-corrected chi connectivity index (χ2v) is 7.10. The van der Waals surface area contributed by atoms with Crippen LogP contribution in [0, 0.1) is 0 Å². The standard InChI is InChI=1S/C17H29N3O/c1-13-10-19(11-14(2)18-13)12-17(21)20(16-8-9-16)15-6-4-3-5-7-15/h6,13-14,16,18H,3-5,7-12H2,1-2H3. The molecule has 2 unspecified atom stereocenters. The largest absolute Gasteiger partial charge is 0.312 e. The third kappa shape index (κ3) is 3.86. The Balaban J connectivity index is 1.63. The van der Waals surface area contributed by atoms with Gasteiger partial charge >= 0.3 is 0 Å². The molecule has 1 heterocycles. The molecule has 1 saturated heterocycles. The minimum atomic E-state index is 0.326. The van der Waals surface area contributed by atoms with Gasteiger partial charge in [-0.25, -0.2) is 0 Å². The van der Waals surface area contributed by atoms with Gasteiger partial charge in [0.1, 0.15) is 0 Å². The topological polar surface area (TPSA) is 35.6 Å². The highest BCUT2D eigenvalue weighted by Crippen LogP contribution is 2.33.